The van der Waals surface area contributed by atoms with Gasteiger partial charge in [0.05, 0.1) is 23.4 Å². The van der Waals surface area contributed by atoms with Crippen LogP contribution in [0.2, 0.25) is 5.02 Å². The topological polar surface area (TPSA) is 67.4 Å². The molecule has 0 aromatic heterocycles. The Morgan fingerprint density at radius 3 is 2.32 bits per heavy atom. The van der Waals surface area contributed by atoms with Crippen molar-refractivity contribution < 1.29 is 18.7 Å². The molecule has 0 atom stereocenters. The molecule has 0 saturated carbocycles. The molecule has 3 rings (SSSR count). The van der Waals surface area contributed by atoms with E-state index < -0.39 is 17.6 Å². The highest BCUT2D eigenvalue weighted by Crippen LogP contribution is 2.28. The van der Waals surface area contributed by atoms with E-state index in [1.807, 2.05) is 0 Å². The highest BCUT2D eigenvalue weighted by Gasteiger charge is 2.15. The lowest BCUT2D eigenvalue weighted by molar-refractivity contribution is 0.102. The van der Waals surface area contributed by atoms with Crippen LogP contribution in [0.5, 0.6) is 5.75 Å². The van der Waals surface area contributed by atoms with Gasteiger partial charge in [-0.15, -0.1) is 0 Å². The lowest BCUT2D eigenvalue weighted by Crippen LogP contribution is -2.18. The van der Waals surface area contributed by atoms with Gasteiger partial charge >= 0.3 is 0 Å². The first-order chi connectivity index (χ1) is 13.5. The third-order valence-electron chi connectivity index (χ3n) is 3.94. The van der Waals surface area contributed by atoms with Crippen molar-refractivity contribution in [2.75, 3.05) is 17.7 Å². The van der Waals surface area contributed by atoms with Crippen LogP contribution in [0.15, 0.2) is 66.7 Å². The smallest absolute Gasteiger partial charge is 0.257 e. The molecule has 0 saturated heterocycles. The molecule has 3 aromatic rings. The molecule has 0 spiro atoms. The van der Waals surface area contributed by atoms with Gasteiger partial charge in [-0.25, -0.2) is 4.39 Å². The Bertz CT molecular complexity index is 1020. The normalized spacial score (nSPS) is 10.2. The number of carbonyl (C=O) groups excluding carboxylic acids is 2. The minimum atomic E-state index is -0.451. The van der Waals surface area contributed by atoms with Gasteiger partial charge in [-0.1, -0.05) is 23.7 Å². The van der Waals surface area contributed by atoms with Crippen LogP contribution in [0, 0.1) is 5.82 Å². The third-order valence-corrected chi connectivity index (χ3v) is 4.23. The van der Waals surface area contributed by atoms with Gasteiger partial charge in [-0.05, 0) is 54.6 Å². The molecule has 2 N–H and O–H groups in total. The van der Waals surface area contributed by atoms with Gasteiger partial charge in [0.1, 0.15) is 11.6 Å². The number of carbonyl (C=O) groups is 2. The Hall–Kier alpha value is -3.38. The zero-order valence-corrected chi connectivity index (χ0v) is 15.6. The van der Waals surface area contributed by atoms with Gasteiger partial charge in [0.25, 0.3) is 11.8 Å². The quantitative estimate of drug-likeness (QED) is 0.636. The maximum Gasteiger partial charge on any atom is 0.257 e. The maximum absolute atomic E-state index is 13.0. The van der Waals surface area contributed by atoms with Crippen molar-refractivity contribution in [3.63, 3.8) is 0 Å². The second-order valence-electron chi connectivity index (χ2n) is 5.81. The summed E-state index contributed by atoms with van der Waals surface area (Å²) >= 11 is 6.08. The number of methoxy groups -OCH3 is 1. The molecule has 142 valence electrons. The van der Waals surface area contributed by atoms with Gasteiger partial charge < -0.3 is 15.4 Å². The monoisotopic (exact) mass is 398 g/mol. The third kappa shape index (κ3) is 4.47. The van der Waals surface area contributed by atoms with Gasteiger partial charge in [-0.3, -0.25) is 9.59 Å². The summed E-state index contributed by atoms with van der Waals surface area (Å²) in [6, 6.07) is 16.6. The van der Waals surface area contributed by atoms with Crippen molar-refractivity contribution in [3.05, 3.63) is 88.7 Å². The van der Waals surface area contributed by atoms with Crippen molar-refractivity contribution in [3.8, 4) is 5.75 Å². The Balaban J connectivity index is 1.79. The van der Waals surface area contributed by atoms with Crippen LogP contribution in [0.3, 0.4) is 0 Å². The molecule has 0 unspecified atom stereocenters. The Labute approximate surface area is 166 Å². The highest BCUT2D eigenvalue weighted by atomic mass is 35.5. The molecule has 0 heterocycles. The lowest BCUT2D eigenvalue weighted by atomic mass is 10.1. The first-order valence-electron chi connectivity index (χ1n) is 8.29. The average Bonchev–Trinajstić information content (AvgIpc) is 2.69. The van der Waals surface area contributed by atoms with Crippen LogP contribution in [-0.2, 0) is 0 Å². The SMILES string of the molecule is COc1ccc(NC(=O)c2ccccc2NC(=O)c2ccc(F)cc2)cc1Cl. The van der Waals surface area contributed by atoms with Gasteiger partial charge in [-0.2, -0.15) is 0 Å². The number of hydrogen-bond acceptors (Lipinski definition) is 3. The Kier molecular flexibility index (Phi) is 5.91. The first-order valence-corrected chi connectivity index (χ1v) is 8.66. The molecular formula is C21H16ClFN2O3. The number of hydrogen-bond donors (Lipinski definition) is 2. The predicted octanol–water partition coefficient (Wildman–Crippen LogP) is 4.99. The second kappa shape index (κ2) is 8.54. The second-order valence-corrected chi connectivity index (χ2v) is 6.22. The summed E-state index contributed by atoms with van der Waals surface area (Å²) in [6.45, 7) is 0. The number of ether oxygens (including phenoxy) is 1. The summed E-state index contributed by atoms with van der Waals surface area (Å²) in [5.41, 5.74) is 1.35. The predicted molar refractivity (Wildman–Crippen MR) is 107 cm³/mol. The summed E-state index contributed by atoms with van der Waals surface area (Å²) < 4.78 is 18.1. The molecule has 2 amide bonds. The summed E-state index contributed by atoms with van der Waals surface area (Å²) in [4.78, 5) is 25.1. The standard InChI is InChI=1S/C21H16ClFN2O3/c1-28-19-11-10-15(12-17(19)22)24-21(27)16-4-2-3-5-18(16)25-20(26)13-6-8-14(23)9-7-13/h2-12H,1H3,(H,24,27)(H,25,26). The number of nitrogens with one attached hydrogen (secondary N) is 2. The fourth-order valence-electron chi connectivity index (χ4n) is 2.53. The number of benzene rings is 3. The largest absolute Gasteiger partial charge is 0.495 e. The van der Waals surface area contributed by atoms with Crippen molar-refractivity contribution in [1.29, 1.82) is 0 Å². The fourth-order valence-corrected chi connectivity index (χ4v) is 2.79. The fraction of sp³-hybridized carbons (Fsp3) is 0.0476. The van der Waals surface area contributed by atoms with E-state index in [1.165, 1.54) is 31.4 Å². The number of halogens is 2. The molecule has 5 nitrogen and oxygen atoms in total. The van der Waals surface area contributed by atoms with Crippen LogP contribution in [0.4, 0.5) is 15.8 Å². The van der Waals surface area contributed by atoms with Crippen molar-refractivity contribution in [2.24, 2.45) is 0 Å². The van der Waals surface area contributed by atoms with Crippen LogP contribution >= 0.6 is 11.6 Å². The van der Waals surface area contributed by atoms with Crippen LogP contribution in [0.25, 0.3) is 0 Å². The highest BCUT2D eigenvalue weighted by molar-refractivity contribution is 6.32. The van der Waals surface area contributed by atoms with Crippen LogP contribution in [-0.4, -0.2) is 18.9 Å². The van der Waals surface area contributed by atoms with E-state index in [0.29, 0.717) is 22.1 Å². The molecule has 3 aromatic carbocycles. The van der Waals surface area contributed by atoms with E-state index in [1.54, 1.807) is 42.5 Å². The van der Waals surface area contributed by atoms with Crippen LogP contribution < -0.4 is 15.4 Å². The maximum atomic E-state index is 13.0. The average molecular weight is 399 g/mol. The van der Waals surface area contributed by atoms with E-state index in [-0.39, 0.29) is 11.1 Å². The van der Waals surface area contributed by atoms with Crippen molar-refractivity contribution >= 4 is 34.8 Å². The molecule has 0 radical (unpaired) electrons. The van der Waals surface area contributed by atoms with E-state index in [4.69, 9.17) is 16.3 Å². The minimum absolute atomic E-state index is 0.268. The molecule has 28 heavy (non-hydrogen) atoms. The van der Waals surface area contributed by atoms with Crippen LogP contribution in [0.1, 0.15) is 20.7 Å². The molecule has 0 fully saturated rings. The number of amides is 2. The summed E-state index contributed by atoms with van der Waals surface area (Å²) in [5, 5.41) is 5.77. The molecule has 7 heteroatoms. The Morgan fingerprint density at radius 2 is 1.64 bits per heavy atom. The van der Waals surface area contributed by atoms with Gasteiger partial charge in [0.2, 0.25) is 0 Å². The van der Waals surface area contributed by atoms with Gasteiger partial charge in [0, 0.05) is 11.3 Å². The van der Waals surface area contributed by atoms with Crippen molar-refractivity contribution in [2.45, 2.75) is 0 Å². The van der Waals surface area contributed by atoms with E-state index >= 15 is 0 Å². The van der Waals surface area contributed by atoms with E-state index in [0.717, 1.165) is 0 Å². The zero-order chi connectivity index (χ0) is 20.1. The summed E-state index contributed by atoms with van der Waals surface area (Å²) in [5.74, 6) is -0.815. The zero-order valence-electron chi connectivity index (χ0n) is 14.8. The lowest BCUT2D eigenvalue weighted by Gasteiger charge is -2.12. The number of rotatable bonds is 5. The van der Waals surface area contributed by atoms with Crippen molar-refractivity contribution in [1.82, 2.24) is 0 Å². The molecule has 0 aliphatic carbocycles. The molecule has 0 bridgehead atoms. The molecule has 0 aliphatic heterocycles. The number of para-hydroxylation sites is 1. The summed E-state index contributed by atoms with van der Waals surface area (Å²) in [6.07, 6.45) is 0. The molecule has 0 aliphatic rings. The van der Waals surface area contributed by atoms with E-state index in [9.17, 15) is 14.0 Å². The summed E-state index contributed by atoms with van der Waals surface area (Å²) in [7, 11) is 1.50. The van der Waals surface area contributed by atoms with E-state index in [2.05, 4.69) is 10.6 Å². The minimum Gasteiger partial charge on any atom is -0.495 e. The molecular weight excluding hydrogens is 383 g/mol. The Morgan fingerprint density at radius 1 is 0.929 bits per heavy atom. The first kappa shape index (κ1) is 19.4. The van der Waals surface area contributed by atoms with Gasteiger partial charge in [0.15, 0.2) is 0 Å². The number of anilines is 2.